The fourth-order valence-electron chi connectivity index (χ4n) is 3.36. The van der Waals surface area contributed by atoms with Crippen LogP contribution in [0.1, 0.15) is 12.5 Å². The second-order valence-electron chi connectivity index (χ2n) is 7.07. The monoisotopic (exact) mass is 449 g/mol. The highest BCUT2D eigenvalue weighted by molar-refractivity contribution is 6.46. The largest absolute Gasteiger partial charge is 0.350 e. The summed E-state index contributed by atoms with van der Waals surface area (Å²) in [5.41, 5.74) is 2.00. The molecule has 3 amide bonds. The van der Waals surface area contributed by atoms with Crippen molar-refractivity contribution >= 4 is 52.0 Å². The molecule has 0 radical (unpaired) electrons. The lowest BCUT2D eigenvalue weighted by Crippen LogP contribution is -2.32. The molecule has 0 aromatic heterocycles. The molecule has 1 aliphatic rings. The van der Waals surface area contributed by atoms with Crippen molar-refractivity contribution in [1.29, 1.82) is 0 Å². The average Bonchev–Trinajstić information content (AvgIpc) is 2.99. The van der Waals surface area contributed by atoms with Crippen LogP contribution >= 0.6 is 11.6 Å². The summed E-state index contributed by atoms with van der Waals surface area (Å²) in [6.45, 7) is 1.40. The van der Waals surface area contributed by atoms with Crippen LogP contribution in [0.2, 0.25) is 5.02 Å². The number of nitrogens with zero attached hydrogens (tertiary/aromatic N) is 1. The molecule has 0 aliphatic carbocycles. The molecule has 4 rings (SSSR count). The molecular formula is C24H17ClFN3O3. The van der Waals surface area contributed by atoms with Gasteiger partial charge in [-0.1, -0.05) is 29.8 Å². The summed E-state index contributed by atoms with van der Waals surface area (Å²) in [6.07, 6.45) is 0. The Labute approximate surface area is 188 Å². The molecule has 0 saturated carbocycles. The third kappa shape index (κ3) is 4.24. The van der Waals surface area contributed by atoms with Gasteiger partial charge < -0.3 is 10.6 Å². The van der Waals surface area contributed by atoms with E-state index in [1.165, 1.54) is 37.3 Å². The number of anilines is 3. The van der Waals surface area contributed by atoms with E-state index in [-0.39, 0.29) is 17.2 Å². The molecule has 3 aromatic rings. The van der Waals surface area contributed by atoms with Crippen LogP contribution < -0.4 is 15.5 Å². The van der Waals surface area contributed by atoms with Crippen LogP contribution in [0.15, 0.2) is 78.5 Å². The van der Waals surface area contributed by atoms with E-state index in [9.17, 15) is 18.8 Å². The van der Waals surface area contributed by atoms with E-state index in [1.807, 2.05) is 0 Å². The first-order valence-electron chi connectivity index (χ1n) is 9.63. The first-order valence-corrected chi connectivity index (χ1v) is 10.0. The second-order valence-corrected chi connectivity index (χ2v) is 7.50. The van der Waals surface area contributed by atoms with E-state index in [0.29, 0.717) is 27.6 Å². The predicted octanol–water partition coefficient (Wildman–Crippen LogP) is 4.83. The fraction of sp³-hybridized carbons (Fsp3) is 0.0417. The molecule has 0 spiro atoms. The molecule has 6 nitrogen and oxygen atoms in total. The topological polar surface area (TPSA) is 78.5 Å². The van der Waals surface area contributed by atoms with Crippen molar-refractivity contribution < 1.29 is 18.8 Å². The molecule has 0 saturated heterocycles. The van der Waals surface area contributed by atoms with Crippen molar-refractivity contribution in [2.75, 3.05) is 15.5 Å². The van der Waals surface area contributed by atoms with Crippen LogP contribution in [0.25, 0.3) is 5.57 Å². The highest BCUT2D eigenvalue weighted by Crippen LogP contribution is 2.34. The molecule has 1 aliphatic heterocycles. The molecular weight excluding hydrogens is 433 g/mol. The van der Waals surface area contributed by atoms with Gasteiger partial charge in [0.15, 0.2) is 0 Å². The van der Waals surface area contributed by atoms with E-state index >= 15 is 0 Å². The number of benzene rings is 3. The first kappa shape index (κ1) is 21.3. The third-order valence-electron chi connectivity index (χ3n) is 4.76. The number of carbonyl (C=O) groups is 3. The van der Waals surface area contributed by atoms with Crippen molar-refractivity contribution in [3.05, 3.63) is 94.9 Å². The number of hydrogen-bond acceptors (Lipinski definition) is 4. The molecule has 3 aromatic carbocycles. The standard InChI is InChI=1S/C24H17ClFN3O3/c1-14(30)27-18-9-11-19(12-10-18)28-22-21(15-5-7-17(26)8-6-15)23(31)29(24(22)32)20-4-2-3-16(25)13-20/h2-13,28H,1H3,(H,27,30). The molecule has 0 unspecified atom stereocenters. The minimum atomic E-state index is -0.567. The van der Waals surface area contributed by atoms with Crippen molar-refractivity contribution in [2.24, 2.45) is 0 Å². The summed E-state index contributed by atoms with van der Waals surface area (Å²) in [6, 6.07) is 18.4. The van der Waals surface area contributed by atoms with Gasteiger partial charge in [-0.25, -0.2) is 9.29 Å². The zero-order valence-electron chi connectivity index (χ0n) is 16.9. The van der Waals surface area contributed by atoms with E-state index in [1.54, 1.807) is 42.5 Å². The normalized spacial score (nSPS) is 13.5. The Morgan fingerprint density at radius 1 is 0.906 bits per heavy atom. The maximum absolute atomic E-state index is 13.5. The number of hydrogen-bond donors (Lipinski definition) is 2. The Morgan fingerprint density at radius 3 is 2.19 bits per heavy atom. The van der Waals surface area contributed by atoms with Gasteiger partial charge in [0.05, 0.1) is 11.3 Å². The maximum atomic E-state index is 13.5. The van der Waals surface area contributed by atoms with Gasteiger partial charge in [0.1, 0.15) is 11.5 Å². The van der Waals surface area contributed by atoms with Crippen LogP contribution in [0.4, 0.5) is 21.5 Å². The van der Waals surface area contributed by atoms with Gasteiger partial charge in [0, 0.05) is 23.3 Å². The Bertz CT molecular complexity index is 1250. The lowest BCUT2D eigenvalue weighted by molar-refractivity contribution is -0.120. The van der Waals surface area contributed by atoms with E-state index in [2.05, 4.69) is 10.6 Å². The molecule has 8 heteroatoms. The highest BCUT2D eigenvalue weighted by atomic mass is 35.5. The van der Waals surface area contributed by atoms with Gasteiger partial charge in [-0.2, -0.15) is 0 Å². The van der Waals surface area contributed by atoms with Crippen LogP contribution in [0.5, 0.6) is 0 Å². The number of amides is 3. The van der Waals surface area contributed by atoms with Crippen LogP contribution in [0.3, 0.4) is 0 Å². The quantitative estimate of drug-likeness (QED) is 0.547. The molecule has 0 bridgehead atoms. The van der Waals surface area contributed by atoms with Gasteiger partial charge in [0.2, 0.25) is 5.91 Å². The molecule has 0 fully saturated rings. The predicted molar refractivity (Wildman–Crippen MR) is 122 cm³/mol. The second kappa shape index (κ2) is 8.64. The number of halogens is 2. The highest BCUT2D eigenvalue weighted by Gasteiger charge is 2.40. The molecule has 0 atom stereocenters. The fourth-order valence-corrected chi connectivity index (χ4v) is 3.55. The van der Waals surface area contributed by atoms with Gasteiger partial charge in [0.25, 0.3) is 11.8 Å². The Hall–Kier alpha value is -3.97. The van der Waals surface area contributed by atoms with Crippen molar-refractivity contribution in [1.82, 2.24) is 0 Å². The average molecular weight is 450 g/mol. The SMILES string of the molecule is CC(=O)Nc1ccc(NC2=C(c3ccc(F)cc3)C(=O)N(c3cccc(Cl)c3)C2=O)cc1. The molecule has 160 valence electrons. The van der Waals surface area contributed by atoms with Crippen LogP contribution in [0, 0.1) is 5.82 Å². The Morgan fingerprint density at radius 2 is 1.56 bits per heavy atom. The summed E-state index contributed by atoms with van der Waals surface area (Å²) in [4.78, 5) is 38.9. The van der Waals surface area contributed by atoms with E-state index in [4.69, 9.17) is 11.6 Å². The number of rotatable bonds is 5. The summed E-state index contributed by atoms with van der Waals surface area (Å²) in [7, 11) is 0. The first-order chi connectivity index (χ1) is 15.3. The van der Waals surface area contributed by atoms with Gasteiger partial charge in [-0.15, -0.1) is 0 Å². The number of carbonyl (C=O) groups excluding carboxylic acids is 3. The zero-order valence-corrected chi connectivity index (χ0v) is 17.6. The Kier molecular flexibility index (Phi) is 5.75. The zero-order chi connectivity index (χ0) is 22.8. The summed E-state index contributed by atoms with van der Waals surface area (Å²) in [5, 5.41) is 6.04. The molecule has 2 N–H and O–H groups in total. The minimum absolute atomic E-state index is 0.0499. The summed E-state index contributed by atoms with van der Waals surface area (Å²) in [5.74, 6) is -1.79. The van der Waals surface area contributed by atoms with Crippen LogP contribution in [-0.4, -0.2) is 17.7 Å². The lowest BCUT2D eigenvalue weighted by atomic mass is 10.0. The van der Waals surface area contributed by atoms with E-state index in [0.717, 1.165) is 4.90 Å². The number of imide groups is 1. The van der Waals surface area contributed by atoms with E-state index < -0.39 is 17.6 Å². The maximum Gasteiger partial charge on any atom is 0.282 e. The van der Waals surface area contributed by atoms with Gasteiger partial charge in [-0.3, -0.25) is 14.4 Å². The van der Waals surface area contributed by atoms with Crippen molar-refractivity contribution in [3.8, 4) is 0 Å². The summed E-state index contributed by atoms with van der Waals surface area (Å²) < 4.78 is 13.5. The van der Waals surface area contributed by atoms with Crippen LogP contribution in [-0.2, 0) is 14.4 Å². The Balaban J connectivity index is 1.75. The minimum Gasteiger partial charge on any atom is -0.350 e. The number of nitrogens with one attached hydrogen (secondary N) is 2. The van der Waals surface area contributed by atoms with Gasteiger partial charge >= 0.3 is 0 Å². The smallest absolute Gasteiger partial charge is 0.282 e. The van der Waals surface area contributed by atoms with Crippen molar-refractivity contribution in [2.45, 2.75) is 6.92 Å². The van der Waals surface area contributed by atoms with Gasteiger partial charge in [-0.05, 0) is 60.2 Å². The molecule has 32 heavy (non-hydrogen) atoms. The van der Waals surface area contributed by atoms with Crippen molar-refractivity contribution in [3.63, 3.8) is 0 Å². The lowest BCUT2D eigenvalue weighted by Gasteiger charge is -2.15. The third-order valence-corrected chi connectivity index (χ3v) is 4.99. The molecule has 1 heterocycles. The summed E-state index contributed by atoms with van der Waals surface area (Å²) >= 11 is 6.06.